The Morgan fingerprint density at radius 1 is 0.535 bits per heavy atom. The molecule has 32 heteroatoms. The van der Waals surface area contributed by atoms with Gasteiger partial charge >= 0.3 is 5.97 Å². The number of thioether (sulfide) groups is 2. The molecule has 1 aromatic rings. The van der Waals surface area contributed by atoms with Crippen molar-refractivity contribution in [2.45, 2.75) is 266 Å². The molecular formula is C67H109N13O17S2. The number of fused-ring (bicyclic) bond motifs is 38. The average molecular weight is 1430 g/mol. The van der Waals surface area contributed by atoms with Gasteiger partial charge in [0.25, 0.3) is 0 Å². The van der Waals surface area contributed by atoms with Gasteiger partial charge in [-0.25, -0.2) is 0 Å². The maximum Gasteiger partial charge on any atom is 0.303 e. The normalized spacial score (nSPS) is 30.6. The van der Waals surface area contributed by atoms with Gasteiger partial charge in [-0.15, -0.1) is 0 Å². The van der Waals surface area contributed by atoms with Gasteiger partial charge in [-0.2, -0.15) is 23.5 Å². The number of nitrogens with two attached hydrogens (primary N) is 1. The van der Waals surface area contributed by atoms with Crippen molar-refractivity contribution in [2.75, 3.05) is 24.7 Å². The van der Waals surface area contributed by atoms with Crippen LogP contribution in [0, 0.1) is 17.3 Å². The van der Waals surface area contributed by atoms with E-state index in [9.17, 15) is 83.1 Å². The third-order valence-corrected chi connectivity index (χ3v) is 20.5. The van der Waals surface area contributed by atoms with Crippen molar-refractivity contribution in [3.05, 3.63) is 35.4 Å². The van der Waals surface area contributed by atoms with E-state index in [1.165, 1.54) is 37.4 Å². The Labute approximate surface area is 588 Å². The standard InChI is InChI=1S/C67H109N13O17S2/c1-8-10-45-58(89)72-47(24-25-53(86)87)59(90)74-48(28-38-16-20-43(83)21-17-38)61(92)71-46(11-9-2)60(91)79-55(37(4)82)65(96)77-51(57(68)88)34-99-33-41-14-12-40(13-15-41)32-98-27-26-52(85)78-56(67(5,6)7)66(97)76-49(29-39-18-22-44(84)23-19-39)62(93)75-50(30-42-31-69-35-70-42)63(94)80-54(36(3)81)64(95)73-45/h12-15,36-39,42-51,54-56,69-70,81-84H,8-11,16-35H2,1-7H3,(H2,68,88)(H,71,92)(H,72,89)(H,73,95)(H,74,90)(H,75,93)(H,76,97)(H,77,96)(H,78,85)(H,79,91)(H,80,94)(H,86,87)/t36-,37-,38?,39?,42?,43?,44?,45+,46+,47+,48+,49+,50+,51+,54+,55+,56-/m1/s1. The Kier molecular flexibility index (Phi) is 34.6. The molecule has 5 aliphatic rings. The lowest BCUT2D eigenvalue weighted by Crippen LogP contribution is -2.63. The largest absolute Gasteiger partial charge is 0.481 e. The van der Waals surface area contributed by atoms with Gasteiger partial charge in [0.15, 0.2) is 0 Å². The molecule has 30 nitrogen and oxygen atoms in total. The van der Waals surface area contributed by atoms with E-state index in [0.29, 0.717) is 88.3 Å². The first-order chi connectivity index (χ1) is 46.8. The van der Waals surface area contributed by atoms with E-state index in [0.717, 1.165) is 11.1 Å². The molecular weight excluding hydrogens is 1320 g/mol. The molecule has 0 radical (unpaired) electrons. The van der Waals surface area contributed by atoms with Gasteiger partial charge in [-0.1, -0.05) is 71.7 Å². The monoisotopic (exact) mass is 1430 g/mol. The molecule has 3 aliphatic heterocycles. The number of rotatable bonds is 16. The van der Waals surface area contributed by atoms with E-state index < -0.39 is 180 Å². The molecule has 2 aliphatic carbocycles. The van der Waals surface area contributed by atoms with Crippen molar-refractivity contribution in [3.8, 4) is 0 Å². The van der Waals surface area contributed by atoms with Crippen molar-refractivity contribution in [2.24, 2.45) is 23.0 Å². The molecule has 556 valence electrons. The van der Waals surface area contributed by atoms with Gasteiger partial charge < -0.3 is 95.1 Å². The van der Waals surface area contributed by atoms with Crippen LogP contribution in [0.15, 0.2) is 24.3 Å². The smallest absolute Gasteiger partial charge is 0.303 e. The van der Waals surface area contributed by atoms with Crippen molar-refractivity contribution in [3.63, 3.8) is 0 Å². The third-order valence-electron chi connectivity index (χ3n) is 18.3. The number of aliphatic carboxylic acids is 1. The van der Waals surface area contributed by atoms with Crippen molar-refractivity contribution in [1.29, 1.82) is 0 Å². The third kappa shape index (κ3) is 28.3. The first-order valence-electron chi connectivity index (χ1n) is 34.8. The molecule has 99 heavy (non-hydrogen) atoms. The summed E-state index contributed by atoms with van der Waals surface area (Å²) in [6.07, 6.45) is -1.41. The fourth-order valence-electron chi connectivity index (χ4n) is 12.4. The fourth-order valence-corrected chi connectivity index (χ4v) is 14.4. The average Bonchev–Trinajstić information content (AvgIpc) is 1.29. The molecule has 2 bridgehead atoms. The highest BCUT2D eigenvalue weighted by atomic mass is 32.2. The molecule has 0 aromatic heterocycles. The molecule has 1 saturated heterocycles. The SMILES string of the molecule is CCC[C@@H]1NC(=O)[C@H](CC2CCC(O)CC2)NC(=O)[C@H](CCC(=O)O)NC(=O)[C@H](CCC)NC(=O)[C@H]([C@@H](C)O)NC(=O)[C@H](CC2CNCN2)NC(=O)[C@H](CC2CCC(O)CC2)NC(=O)[C@H](C(C)(C)C)NC(=O)CCSCc2ccc(cc2)CSC[C@@H](C(N)=O)NC(=O)[C@H]([C@@H](C)O)NC1=O. The summed E-state index contributed by atoms with van der Waals surface area (Å²) in [5.41, 5.74) is 6.69. The van der Waals surface area contributed by atoms with Crippen LogP contribution >= 0.6 is 23.5 Å². The number of aliphatic hydroxyl groups is 4. The summed E-state index contributed by atoms with van der Waals surface area (Å²) in [6.45, 7) is 11.9. The van der Waals surface area contributed by atoms with Crippen molar-refractivity contribution < 1.29 is 83.1 Å². The number of carbonyl (C=O) groups is 12. The number of nitrogens with one attached hydrogen (secondary N) is 12. The molecule has 19 N–H and O–H groups in total. The number of hydrogen-bond donors (Lipinski definition) is 18. The molecule has 1 unspecified atom stereocenters. The second-order valence-corrected chi connectivity index (χ2v) is 30.0. The molecule has 13 atom stereocenters. The minimum atomic E-state index is -1.78. The van der Waals surface area contributed by atoms with Crippen LogP contribution in [0.2, 0.25) is 0 Å². The van der Waals surface area contributed by atoms with Crippen LogP contribution in [0.4, 0.5) is 0 Å². The highest BCUT2D eigenvalue weighted by Crippen LogP contribution is 2.30. The summed E-state index contributed by atoms with van der Waals surface area (Å²) < 4.78 is 0. The van der Waals surface area contributed by atoms with Crippen LogP contribution in [0.3, 0.4) is 0 Å². The summed E-state index contributed by atoms with van der Waals surface area (Å²) in [6, 6.07) is -7.30. The number of hydrogen-bond acceptors (Lipinski definition) is 20. The topological polar surface area (TPSA) is 476 Å². The second-order valence-electron chi connectivity index (χ2n) is 27.9. The lowest BCUT2D eigenvalue weighted by molar-refractivity contribution is -0.139. The lowest BCUT2D eigenvalue weighted by atomic mass is 9.82. The second kappa shape index (κ2) is 41.3. The van der Waals surface area contributed by atoms with E-state index >= 15 is 0 Å². The van der Waals surface area contributed by atoms with Gasteiger partial charge in [-0.3, -0.25) is 57.5 Å². The molecule has 6 rings (SSSR count). The number of carboxylic acid groups (broad SMARTS) is 1. The predicted octanol–water partition coefficient (Wildman–Crippen LogP) is -1.05. The van der Waals surface area contributed by atoms with Crippen molar-refractivity contribution in [1.82, 2.24) is 63.8 Å². The first-order valence-corrected chi connectivity index (χ1v) is 37.1. The molecule has 3 heterocycles. The number of aliphatic hydroxyl groups excluding tert-OH is 4. The summed E-state index contributed by atoms with van der Waals surface area (Å²) >= 11 is 2.77. The van der Waals surface area contributed by atoms with Gasteiger partial charge in [0, 0.05) is 55.1 Å². The summed E-state index contributed by atoms with van der Waals surface area (Å²) in [5, 5.41) is 85.6. The number of primary amides is 1. The zero-order valence-corrected chi connectivity index (χ0v) is 59.8. The number of amides is 11. The van der Waals surface area contributed by atoms with Gasteiger partial charge in [0.2, 0.25) is 65.0 Å². The van der Waals surface area contributed by atoms with E-state index in [2.05, 4.69) is 63.8 Å². The fraction of sp³-hybridized carbons (Fsp3) is 0.731. The van der Waals surface area contributed by atoms with Crippen molar-refractivity contribution >= 4 is 94.5 Å². The Hall–Kier alpha value is -6.68. The molecule has 3 fully saturated rings. The number of carbonyl (C=O) groups excluding carboxylic acids is 11. The van der Waals surface area contributed by atoms with E-state index in [4.69, 9.17) is 5.73 Å². The summed E-state index contributed by atoms with van der Waals surface area (Å²) in [5.74, 6) is -9.92. The highest BCUT2D eigenvalue weighted by molar-refractivity contribution is 7.98. The Morgan fingerprint density at radius 3 is 1.37 bits per heavy atom. The molecule has 2 saturated carbocycles. The number of carboxylic acids is 1. The molecule has 11 amide bonds. The number of benzene rings is 1. The van der Waals surface area contributed by atoms with Gasteiger partial charge in [0.1, 0.15) is 60.4 Å². The van der Waals surface area contributed by atoms with Gasteiger partial charge in [-0.05, 0) is 132 Å². The Balaban J connectivity index is 1.50. The Morgan fingerprint density at radius 2 is 0.939 bits per heavy atom. The summed E-state index contributed by atoms with van der Waals surface area (Å²) in [4.78, 5) is 169. The van der Waals surface area contributed by atoms with Gasteiger partial charge in [0.05, 0.1) is 24.4 Å². The highest BCUT2D eigenvalue weighted by Gasteiger charge is 2.41. The lowest BCUT2D eigenvalue weighted by Gasteiger charge is -2.34. The zero-order chi connectivity index (χ0) is 73.1. The molecule has 1 aromatic carbocycles. The minimum Gasteiger partial charge on any atom is -0.481 e. The van der Waals surface area contributed by atoms with Crippen LogP contribution in [-0.4, -0.2) is 212 Å². The Bertz CT molecular complexity index is 2870. The maximum atomic E-state index is 14.8. The first kappa shape index (κ1) is 83.0. The summed E-state index contributed by atoms with van der Waals surface area (Å²) in [7, 11) is 0. The van der Waals surface area contributed by atoms with E-state index in [-0.39, 0.29) is 62.5 Å². The van der Waals surface area contributed by atoms with Crippen LogP contribution in [0.1, 0.15) is 175 Å². The van der Waals surface area contributed by atoms with Crippen LogP contribution in [0.25, 0.3) is 0 Å². The molecule has 0 spiro atoms. The van der Waals surface area contributed by atoms with Crippen LogP contribution in [-0.2, 0) is 69.0 Å². The van der Waals surface area contributed by atoms with E-state index in [1.807, 2.05) is 24.3 Å². The van der Waals surface area contributed by atoms with Crippen LogP contribution < -0.4 is 69.5 Å². The van der Waals surface area contributed by atoms with E-state index in [1.54, 1.807) is 34.6 Å². The maximum absolute atomic E-state index is 14.8. The zero-order valence-electron chi connectivity index (χ0n) is 58.1. The van der Waals surface area contributed by atoms with Crippen LogP contribution in [0.5, 0.6) is 0 Å². The quantitative estimate of drug-likeness (QED) is 0.0879. The predicted molar refractivity (Wildman–Crippen MR) is 371 cm³/mol. The minimum absolute atomic E-state index is 0.000781.